The summed E-state index contributed by atoms with van der Waals surface area (Å²) in [4.78, 5) is 15.0. The van der Waals surface area contributed by atoms with E-state index in [4.69, 9.17) is 9.47 Å². The van der Waals surface area contributed by atoms with Crippen LogP contribution in [0, 0.1) is 13.8 Å². The fourth-order valence-corrected chi connectivity index (χ4v) is 2.40. The molecule has 0 unspecified atom stereocenters. The molecule has 0 radical (unpaired) electrons. The summed E-state index contributed by atoms with van der Waals surface area (Å²) in [7, 11) is 1.59. The molecule has 28 heavy (non-hydrogen) atoms. The zero-order valence-corrected chi connectivity index (χ0v) is 15.9. The lowest BCUT2D eigenvalue weighted by atomic mass is 10.2. The molecule has 1 aromatic heterocycles. The Morgan fingerprint density at radius 1 is 1.14 bits per heavy atom. The van der Waals surface area contributed by atoms with Crippen LogP contribution in [0.15, 0.2) is 52.4 Å². The minimum absolute atomic E-state index is 0.296. The lowest BCUT2D eigenvalue weighted by molar-refractivity contribution is 0.284. The SMILES string of the molecule is COc1cc(C=NNc2nc(=O)[nH]nc2C)ccc1OCc1ccc(C)cc1. The zero-order valence-electron chi connectivity index (χ0n) is 15.9. The zero-order chi connectivity index (χ0) is 19.9. The molecule has 0 fully saturated rings. The second-order valence-corrected chi connectivity index (χ2v) is 6.13. The van der Waals surface area contributed by atoms with Gasteiger partial charge in [0.2, 0.25) is 0 Å². The number of aryl methyl sites for hydroxylation is 2. The minimum Gasteiger partial charge on any atom is -0.493 e. The van der Waals surface area contributed by atoms with Crippen LogP contribution in [0.25, 0.3) is 0 Å². The van der Waals surface area contributed by atoms with Crippen LogP contribution in [0.1, 0.15) is 22.4 Å². The number of hydrogen-bond donors (Lipinski definition) is 2. The van der Waals surface area contributed by atoms with E-state index in [1.54, 1.807) is 20.2 Å². The average Bonchev–Trinajstić information content (AvgIpc) is 2.70. The van der Waals surface area contributed by atoms with Crippen LogP contribution in [-0.4, -0.2) is 28.5 Å². The maximum Gasteiger partial charge on any atom is 0.363 e. The van der Waals surface area contributed by atoms with Gasteiger partial charge < -0.3 is 9.47 Å². The highest BCUT2D eigenvalue weighted by molar-refractivity contribution is 5.81. The van der Waals surface area contributed by atoms with Gasteiger partial charge in [-0.1, -0.05) is 29.8 Å². The number of hydrazone groups is 1. The summed E-state index contributed by atoms with van der Waals surface area (Å²) >= 11 is 0. The van der Waals surface area contributed by atoms with Gasteiger partial charge in [0.05, 0.1) is 13.3 Å². The van der Waals surface area contributed by atoms with Crippen molar-refractivity contribution in [3.05, 3.63) is 75.3 Å². The summed E-state index contributed by atoms with van der Waals surface area (Å²) in [6.07, 6.45) is 1.59. The molecule has 0 saturated heterocycles. The molecule has 8 nitrogen and oxygen atoms in total. The number of H-pyrrole nitrogens is 1. The lowest BCUT2D eigenvalue weighted by Gasteiger charge is -2.11. The fourth-order valence-electron chi connectivity index (χ4n) is 2.40. The predicted molar refractivity (Wildman–Crippen MR) is 107 cm³/mol. The Hall–Kier alpha value is -3.68. The van der Waals surface area contributed by atoms with Crippen molar-refractivity contribution < 1.29 is 9.47 Å². The Bertz CT molecular complexity index is 1030. The maximum absolute atomic E-state index is 11.2. The number of aromatic nitrogens is 3. The number of benzene rings is 2. The van der Waals surface area contributed by atoms with E-state index in [9.17, 15) is 4.79 Å². The van der Waals surface area contributed by atoms with Gasteiger partial charge in [0.15, 0.2) is 17.3 Å². The second-order valence-electron chi connectivity index (χ2n) is 6.13. The topological polar surface area (TPSA) is 101 Å². The van der Waals surface area contributed by atoms with Gasteiger partial charge in [-0.05, 0) is 43.2 Å². The third kappa shape index (κ3) is 4.94. The second kappa shape index (κ2) is 8.81. The smallest absolute Gasteiger partial charge is 0.363 e. The fraction of sp³-hybridized carbons (Fsp3) is 0.200. The largest absolute Gasteiger partial charge is 0.493 e. The van der Waals surface area contributed by atoms with Crippen LogP contribution < -0.4 is 20.6 Å². The van der Waals surface area contributed by atoms with Crippen molar-refractivity contribution in [2.24, 2.45) is 5.10 Å². The van der Waals surface area contributed by atoms with Gasteiger partial charge in [0, 0.05) is 0 Å². The molecule has 3 aromatic rings. The molecule has 0 aliphatic rings. The maximum atomic E-state index is 11.2. The summed E-state index contributed by atoms with van der Waals surface area (Å²) in [5, 5.41) is 10.2. The summed E-state index contributed by atoms with van der Waals surface area (Å²) in [5.74, 6) is 1.54. The normalized spacial score (nSPS) is 10.8. The molecular weight excluding hydrogens is 358 g/mol. The molecule has 3 rings (SSSR count). The first-order valence-corrected chi connectivity index (χ1v) is 8.64. The van der Waals surface area contributed by atoms with Crippen molar-refractivity contribution >= 4 is 12.0 Å². The number of anilines is 1. The van der Waals surface area contributed by atoms with E-state index in [1.807, 2.05) is 37.3 Å². The van der Waals surface area contributed by atoms with Gasteiger partial charge in [-0.15, -0.1) is 0 Å². The van der Waals surface area contributed by atoms with E-state index in [0.717, 1.165) is 11.1 Å². The number of aromatic amines is 1. The Morgan fingerprint density at radius 3 is 2.68 bits per heavy atom. The highest BCUT2D eigenvalue weighted by Gasteiger charge is 2.06. The molecule has 0 spiro atoms. The van der Waals surface area contributed by atoms with Crippen LogP contribution in [0.4, 0.5) is 5.82 Å². The molecule has 0 aliphatic carbocycles. The van der Waals surface area contributed by atoms with E-state index in [1.165, 1.54) is 5.56 Å². The molecule has 144 valence electrons. The molecule has 0 saturated carbocycles. The Balaban J connectivity index is 1.67. The van der Waals surface area contributed by atoms with Crippen molar-refractivity contribution in [2.45, 2.75) is 20.5 Å². The van der Waals surface area contributed by atoms with E-state index in [0.29, 0.717) is 29.6 Å². The average molecular weight is 379 g/mol. The van der Waals surface area contributed by atoms with Crippen molar-refractivity contribution in [1.82, 2.24) is 15.2 Å². The molecule has 0 aliphatic heterocycles. The molecular formula is C20H21N5O3. The molecule has 2 N–H and O–H groups in total. The Kier molecular flexibility index (Phi) is 6.01. The summed E-state index contributed by atoms with van der Waals surface area (Å²) < 4.78 is 11.3. The number of hydrogen-bond acceptors (Lipinski definition) is 7. The molecule has 2 aromatic carbocycles. The van der Waals surface area contributed by atoms with E-state index in [2.05, 4.69) is 37.8 Å². The van der Waals surface area contributed by atoms with E-state index >= 15 is 0 Å². The summed E-state index contributed by atoms with van der Waals surface area (Å²) in [5.41, 5.74) is 5.79. The predicted octanol–water partition coefficient (Wildman–Crippen LogP) is 2.82. The third-order valence-corrected chi connectivity index (χ3v) is 3.96. The molecule has 8 heteroatoms. The van der Waals surface area contributed by atoms with E-state index < -0.39 is 5.69 Å². The van der Waals surface area contributed by atoms with Gasteiger partial charge in [-0.3, -0.25) is 5.43 Å². The number of ether oxygens (including phenoxy) is 2. The van der Waals surface area contributed by atoms with Gasteiger partial charge in [0.25, 0.3) is 0 Å². The van der Waals surface area contributed by atoms with Crippen molar-refractivity contribution in [3.8, 4) is 11.5 Å². The molecule has 1 heterocycles. The van der Waals surface area contributed by atoms with Gasteiger partial charge >= 0.3 is 5.69 Å². The van der Waals surface area contributed by atoms with Gasteiger partial charge in [0.1, 0.15) is 12.3 Å². The Morgan fingerprint density at radius 2 is 1.93 bits per heavy atom. The molecule has 0 bridgehead atoms. The van der Waals surface area contributed by atoms with Crippen LogP contribution in [-0.2, 0) is 6.61 Å². The minimum atomic E-state index is -0.542. The Labute approximate surface area is 162 Å². The quantitative estimate of drug-likeness (QED) is 0.483. The monoisotopic (exact) mass is 379 g/mol. The van der Waals surface area contributed by atoms with Crippen molar-refractivity contribution in [3.63, 3.8) is 0 Å². The van der Waals surface area contributed by atoms with Crippen molar-refractivity contribution in [1.29, 1.82) is 0 Å². The van der Waals surface area contributed by atoms with Gasteiger partial charge in [-0.25, -0.2) is 9.89 Å². The molecule has 0 amide bonds. The van der Waals surface area contributed by atoms with Crippen LogP contribution >= 0.6 is 0 Å². The first-order valence-electron chi connectivity index (χ1n) is 8.64. The van der Waals surface area contributed by atoms with Crippen LogP contribution in [0.2, 0.25) is 0 Å². The summed E-state index contributed by atoms with van der Waals surface area (Å²) in [6, 6.07) is 13.7. The highest BCUT2D eigenvalue weighted by atomic mass is 16.5. The van der Waals surface area contributed by atoms with E-state index in [-0.39, 0.29) is 0 Å². The van der Waals surface area contributed by atoms with Gasteiger partial charge in [-0.2, -0.15) is 15.2 Å². The lowest BCUT2D eigenvalue weighted by Crippen LogP contribution is -2.15. The third-order valence-electron chi connectivity index (χ3n) is 3.96. The van der Waals surface area contributed by atoms with Crippen LogP contribution in [0.3, 0.4) is 0 Å². The number of nitrogens with one attached hydrogen (secondary N) is 2. The first-order chi connectivity index (χ1) is 13.5. The standard InChI is InChI=1S/C20H21N5O3/c1-13-4-6-15(7-5-13)12-28-17-9-8-16(10-18(17)27-3)11-21-24-19-14(2)23-25-20(26)22-19/h4-11H,12H2,1-3H3,(H2,22,24,25,26). The molecule has 0 atom stereocenters. The van der Waals surface area contributed by atoms with Crippen LogP contribution in [0.5, 0.6) is 11.5 Å². The van der Waals surface area contributed by atoms with Crippen molar-refractivity contribution in [2.75, 3.05) is 12.5 Å². The summed E-state index contributed by atoms with van der Waals surface area (Å²) in [6.45, 7) is 4.21. The highest BCUT2D eigenvalue weighted by Crippen LogP contribution is 2.28. The first kappa shape index (κ1) is 19.1. The number of methoxy groups -OCH3 is 1. The number of rotatable bonds is 7. The number of nitrogens with zero attached hydrogens (tertiary/aromatic N) is 3.